The Balaban J connectivity index is 1.64. The number of carbonyl (C=O) groups excluding carboxylic acids is 1. The highest BCUT2D eigenvalue weighted by atomic mass is 16.2. The van der Waals surface area contributed by atoms with E-state index in [2.05, 4.69) is 25.0 Å². The molecular formula is C19H29N3O. The fraction of sp³-hybridized carbons (Fsp3) is 0.684. The van der Waals surface area contributed by atoms with Crippen LogP contribution in [0.2, 0.25) is 0 Å². The average molecular weight is 315 g/mol. The van der Waals surface area contributed by atoms with Gasteiger partial charge in [-0.1, -0.05) is 11.6 Å². The molecule has 0 bridgehead atoms. The molecule has 1 heterocycles. The van der Waals surface area contributed by atoms with Crippen LogP contribution < -0.4 is 0 Å². The Bertz CT molecular complexity index is 569. The number of hydrogen-bond donors (Lipinski definition) is 0. The van der Waals surface area contributed by atoms with Crippen LogP contribution in [0.1, 0.15) is 75.3 Å². The van der Waals surface area contributed by atoms with Crippen molar-refractivity contribution in [2.75, 3.05) is 13.1 Å². The lowest BCUT2D eigenvalue weighted by atomic mass is 9.97. The van der Waals surface area contributed by atoms with Crippen LogP contribution in [-0.2, 0) is 0 Å². The molecular weight excluding hydrogens is 286 g/mol. The first kappa shape index (κ1) is 16.3. The van der Waals surface area contributed by atoms with Gasteiger partial charge in [0, 0.05) is 25.3 Å². The smallest absolute Gasteiger partial charge is 0.274 e. The molecule has 0 aromatic carbocycles. The maximum atomic E-state index is 12.8. The van der Waals surface area contributed by atoms with Crippen molar-refractivity contribution in [1.29, 1.82) is 0 Å². The van der Waals surface area contributed by atoms with Gasteiger partial charge in [0.05, 0.1) is 0 Å². The van der Waals surface area contributed by atoms with Gasteiger partial charge in [0.25, 0.3) is 5.91 Å². The Hall–Kier alpha value is -1.58. The fourth-order valence-electron chi connectivity index (χ4n) is 3.20. The van der Waals surface area contributed by atoms with Crippen LogP contribution in [-0.4, -0.2) is 33.7 Å². The highest BCUT2D eigenvalue weighted by molar-refractivity contribution is 5.92. The minimum Gasteiger partial charge on any atom is -0.337 e. The van der Waals surface area contributed by atoms with Crippen molar-refractivity contribution in [3.63, 3.8) is 0 Å². The molecule has 1 saturated carbocycles. The highest BCUT2D eigenvalue weighted by Gasteiger charge is 2.28. The molecule has 0 saturated heterocycles. The largest absolute Gasteiger partial charge is 0.337 e. The zero-order chi connectivity index (χ0) is 16.2. The van der Waals surface area contributed by atoms with Crippen LogP contribution >= 0.6 is 0 Å². The number of hydrogen-bond acceptors (Lipinski definition) is 2. The van der Waals surface area contributed by atoms with Gasteiger partial charge in [0.15, 0.2) is 0 Å². The second-order valence-corrected chi connectivity index (χ2v) is 7.33. The summed E-state index contributed by atoms with van der Waals surface area (Å²) >= 11 is 0. The molecule has 2 aliphatic carbocycles. The highest BCUT2D eigenvalue weighted by Crippen LogP contribution is 2.30. The molecule has 0 spiro atoms. The second kappa shape index (κ2) is 7.33. The third kappa shape index (κ3) is 4.46. The van der Waals surface area contributed by atoms with E-state index in [9.17, 15) is 4.79 Å². The molecule has 23 heavy (non-hydrogen) atoms. The molecule has 0 radical (unpaired) electrons. The minimum atomic E-state index is 0.104. The van der Waals surface area contributed by atoms with Gasteiger partial charge in [-0.05, 0) is 70.8 Å². The van der Waals surface area contributed by atoms with E-state index in [1.54, 1.807) is 0 Å². The van der Waals surface area contributed by atoms with E-state index in [1.165, 1.54) is 44.1 Å². The summed E-state index contributed by atoms with van der Waals surface area (Å²) in [5.41, 5.74) is 2.13. The molecule has 0 aliphatic heterocycles. The summed E-state index contributed by atoms with van der Waals surface area (Å²) in [6.45, 7) is 5.91. The van der Waals surface area contributed by atoms with Gasteiger partial charge in [0.1, 0.15) is 5.69 Å². The fourth-order valence-corrected chi connectivity index (χ4v) is 3.20. The van der Waals surface area contributed by atoms with Gasteiger partial charge in [-0.2, -0.15) is 5.10 Å². The Kier molecular flexibility index (Phi) is 5.19. The number of amides is 1. The number of allylic oxidation sites excluding steroid dienone is 1. The van der Waals surface area contributed by atoms with E-state index in [0.717, 1.165) is 19.5 Å². The van der Waals surface area contributed by atoms with Crippen LogP contribution in [0.5, 0.6) is 0 Å². The van der Waals surface area contributed by atoms with Gasteiger partial charge in [-0.25, -0.2) is 0 Å². The van der Waals surface area contributed by atoms with Crippen LogP contribution in [0.15, 0.2) is 23.9 Å². The first-order valence-corrected chi connectivity index (χ1v) is 9.16. The number of carbonyl (C=O) groups is 1. The Morgan fingerprint density at radius 2 is 2.22 bits per heavy atom. The van der Waals surface area contributed by atoms with E-state index in [4.69, 9.17) is 0 Å². The van der Waals surface area contributed by atoms with Crippen LogP contribution in [0.4, 0.5) is 0 Å². The molecule has 3 rings (SSSR count). The van der Waals surface area contributed by atoms with E-state index in [1.807, 2.05) is 21.8 Å². The minimum absolute atomic E-state index is 0.104. The zero-order valence-corrected chi connectivity index (χ0v) is 14.5. The molecule has 1 amide bonds. The molecule has 1 aromatic heterocycles. The lowest BCUT2D eigenvalue weighted by Crippen LogP contribution is -2.34. The van der Waals surface area contributed by atoms with E-state index >= 15 is 0 Å². The zero-order valence-electron chi connectivity index (χ0n) is 14.5. The molecule has 2 aliphatic rings. The van der Waals surface area contributed by atoms with Crippen molar-refractivity contribution in [2.24, 2.45) is 5.92 Å². The topological polar surface area (TPSA) is 38.1 Å². The molecule has 1 aromatic rings. The molecule has 1 fully saturated rings. The third-order valence-corrected chi connectivity index (χ3v) is 4.91. The molecule has 4 nitrogen and oxygen atoms in total. The molecule has 0 N–H and O–H groups in total. The van der Waals surface area contributed by atoms with Crippen molar-refractivity contribution in [3.8, 4) is 0 Å². The first-order chi connectivity index (χ1) is 11.1. The maximum absolute atomic E-state index is 12.8. The normalized spacial score (nSPS) is 18.1. The van der Waals surface area contributed by atoms with E-state index in [0.29, 0.717) is 17.7 Å². The number of aromatic nitrogens is 2. The van der Waals surface area contributed by atoms with E-state index in [-0.39, 0.29) is 5.91 Å². The molecule has 0 atom stereocenters. The van der Waals surface area contributed by atoms with Gasteiger partial charge in [-0.15, -0.1) is 0 Å². The second-order valence-electron chi connectivity index (χ2n) is 7.33. The third-order valence-electron chi connectivity index (χ3n) is 4.91. The van der Waals surface area contributed by atoms with Gasteiger partial charge in [0.2, 0.25) is 0 Å². The lowest BCUT2D eigenvalue weighted by Gasteiger charge is -2.23. The number of nitrogens with zero attached hydrogens (tertiary/aromatic N) is 3. The summed E-state index contributed by atoms with van der Waals surface area (Å²) in [4.78, 5) is 14.9. The van der Waals surface area contributed by atoms with Gasteiger partial charge >= 0.3 is 0 Å². The van der Waals surface area contributed by atoms with E-state index < -0.39 is 0 Å². The molecule has 0 unspecified atom stereocenters. The first-order valence-electron chi connectivity index (χ1n) is 9.16. The summed E-state index contributed by atoms with van der Waals surface area (Å²) < 4.78 is 1.87. The summed E-state index contributed by atoms with van der Waals surface area (Å²) in [5.74, 6) is 0.819. The molecule has 126 valence electrons. The number of rotatable bonds is 7. The summed E-state index contributed by atoms with van der Waals surface area (Å²) in [7, 11) is 0. The van der Waals surface area contributed by atoms with Crippen molar-refractivity contribution in [3.05, 3.63) is 29.6 Å². The standard InChI is InChI=1S/C19H29N3O/c1-15(2)22-13-11-18(20-22)19(23)21(14-17-8-9-17)12-10-16-6-4-3-5-7-16/h6,11,13,15,17H,3-5,7-10,12,14H2,1-2H3. The van der Waals surface area contributed by atoms with Crippen molar-refractivity contribution in [2.45, 2.75) is 64.8 Å². The summed E-state index contributed by atoms with van der Waals surface area (Å²) in [6.07, 6.45) is 12.9. The van der Waals surface area contributed by atoms with Gasteiger partial charge in [-0.3, -0.25) is 9.48 Å². The Morgan fingerprint density at radius 3 is 2.83 bits per heavy atom. The van der Waals surface area contributed by atoms with Crippen LogP contribution in [0.3, 0.4) is 0 Å². The molecule has 4 heteroatoms. The van der Waals surface area contributed by atoms with Gasteiger partial charge < -0.3 is 4.90 Å². The lowest BCUT2D eigenvalue weighted by molar-refractivity contribution is 0.0742. The van der Waals surface area contributed by atoms with Crippen molar-refractivity contribution in [1.82, 2.24) is 14.7 Å². The monoisotopic (exact) mass is 315 g/mol. The van der Waals surface area contributed by atoms with Crippen molar-refractivity contribution < 1.29 is 4.79 Å². The average Bonchev–Trinajstić information content (AvgIpc) is 3.23. The Morgan fingerprint density at radius 1 is 1.39 bits per heavy atom. The SMILES string of the molecule is CC(C)n1ccc(C(=O)N(CCC2=CCCCC2)CC2CC2)n1. The summed E-state index contributed by atoms with van der Waals surface area (Å²) in [6, 6.07) is 2.16. The maximum Gasteiger partial charge on any atom is 0.274 e. The van der Waals surface area contributed by atoms with Crippen molar-refractivity contribution >= 4 is 5.91 Å². The predicted molar refractivity (Wildman–Crippen MR) is 92.4 cm³/mol. The van der Waals surface area contributed by atoms with Crippen LogP contribution in [0, 0.1) is 5.92 Å². The predicted octanol–water partition coefficient (Wildman–Crippen LogP) is 4.21. The quantitative estimate of drug-likeness (QED) is 0.707. The Labute approximate surface area is 139 Å². The summed E-state index contributed by atoms with van der Waals surface area (Å²) in [5, 5.41) is 4.46. The van der Waals surface area contributed by atoms with Crippen LogP contribution in [0.25, 0.3) is 0 Å².